The smallest absolute Gasteiger partial charge is 0.252 e. The number of nitrogens with one attached hydrogen (secondary N) is 1. The zero-order valence-electron chi connectivity index (χ0n) is 9.26. The standard InChI is InChI=1S/C14H12N2O/c17-14-12-6-2-1-4-10(12)8-13(16-14)11-5-3-7-15-9-11/h1-7,9,13H,8H2,(H,16,17). The SMILES string of the molecule is O=C1NC(c2cccnc2)Cc2ccccc21. The van der Waals surface area contributed by atoms with Crippen LogP contribution in [-0.4, -0.2) is 10.9 Å². The third-order valence-electron chi connectivity index (χ3n) is 3.08. The van der Waals surface area contributed by atoms with Crippen LogP contribution in [0.25, 0.3) is 0 Å². The van der Waals surface area contributed by atoms with E-state index in [1.54, 1.807) is 12.4 Å². The van der Waals surface area contributed by atoms with Crippen molar-refractivity contribution >= 4 is 5.91 Å². The molecule has 1 aliphatic rings. The number of nitrogens with zero attached hydrogens (tertiary/aromatic N) is 1. The summed E-state index contributed by atoms with van der Waals surface area (Å²) in [5.74, 6) is 0.000651. The Morgan fingerprint density at radius 2 is 2.06 bits per heavy atom. The molecule has 0 saturated heterocycles. The minimum Gasteiger partial charge on any atom is -0.345 e. The van der Waals surface area contributed by atoms with Gasteiger partial charge in [0.15, 0.2) is 0 Å². The fourth-order valence-corrected chi connectivity index (χ4v) is 2.21. The van der Waals surface area contributed by atoms with Crippen LogP contribution < -0.4 is 5.32 Å². The minimum atomic E-state index is 0.000651. The summed E-state index contributed by atoms with van der Waals surface area (Å²) in [4.78, 5) is 16.0. The van der Waals surface area contributed by atoms with E-state index in [4.69, 9.17) is 0 Å². The Hall–Kier alpha value is -2.16. The first-order valence-corrected chi connectivity index (χ1v) is 5.63. The second kappa shape index (κ2) is 4.01. The number of amides is 1. The van der Waals surface area contributed by atoms with Gasteiger partial charge in [-0.3, -0.25) is 9.78 Å². The normalized spacial score (nSPS) is 18.4. The van der Waals surface area contributed by atoms with Crippen LogP contribution in [0.15, 0.2) is 48.8 Å². The van der Waals surface area contributed by atoms with Gasteiger partial charge in [-0.15, -0.1) is 0 Å². The molecule has 84 valence electrons. The summed E-state index contributed by atoms with van der Waals surface area (Å²) in [5, 5.41) is 3.01. The molecule has 1 unspecified atom stereocenters. The van der Waals surface area contributed by atoms with Crippen molar-refractivity contribution in [3.8, 4) is 0 Å². The van der Waals surface area contributed by atoms with Gasteiger partial charge in [0.25, 0.3) is 5.91 Å². The summed E-state index contributed by atoms with van der Waals surface area (Å²) in [6.45, 7) is 0. The van der Waals surface area contributed by atoms with E-state index in [-0.39, 0.29) is 11.9 Å². The van der Waals surface area contributed by atoms with Crippen LogP contribution in [0.4, 0.5) is 0 Å². The third kappa shape index (κ3) is 1.80. The molecule has 0 spiro atoms. The van der Waals surface area contributed by atoms with E-state index < -0.39 is 0 Å². The number of benzene rings is 1. The topological polar surface area (TPSA) is 42.0 Å². The molecule has 0 fully saturated rings. The molecular weight excluding hydrogens is 212 g/mol. The molecule has 2 aromatic rings. The number of fused-ring (bicyclic) bond motifs is 1. The van der Waals surface area contributed by atoms with Crippen LogP contribution in [0.5, 0.6) is 0 Å². The molecule has 0 radical (unpaired) electrons. The van der Waals surface area contributed by atoms with Crippen LogP contribution in [0, 0.1) is 0 Å². The molecular formula is C14H12N2O. The van der Waals surface area contributed by atoms with Crippen LogP contribution in [0.2, 0.25) is 0 Å². The second-order valence-electron chi connectivity index (χ2n) is 4.17. The van der Waals surface area contributed by atoms with Crippen molar-refractivity contribution in [1.82, 2.24) is 10.3 Å². The maximum atomic E-state index is 11.9. The van der Waals surface area contributed by atoms with Crippen LogP contribution in [0.1, 0.15) is 27.5 Å². The lowest BCUT2D eigenvalue weighted by Crippen LogP contribution is -2.35. The Balaban J connectivity index is 1.97. The number of rotatable bonds is 1. The van der Waals surface area contributed by atoms with Gasteiger partial charge in [0.2, 0.25) is 0 Å². The van der Waals surface area contributed by atoms with Crippen LogP contribution >= 0.6 is 0 Å². The molecule has 2 heterocycles. The Bertz CT molecular complexity index is 551. The number of carbonyl (C=O) groups excluding carboxylic acids is 1. The highest BCUT2D eigenvalue weighted by molar-refractivity contribution is 5.97. The highest BCUT2D eigenvalue weighted by atomic mass is 16.1. The van der Waals surface area contributed by atoms with Crippen molar-refractivity contribution < 1.29 is 4.79 Å². The predicted octanol–water partition coefficient (Wildman–Crippen LogP) is 2.11. The van der Waals surface area contributed by atoms with Crippen molar-refractivity contribution in [3.63, 3.8) is 0 Å². The first kappa shape index (κ1) is 10.0. The van der Waals surface area contributed by atoms with Crippen LogP contribution in [0.3, 0.4) is 0 Å². The Morgan fingerprint density at radius 1 is 1.18 bits per heavy atom. The zero-order valence-corrected chi connectivity index (χ0v) is 9.26. The third-order valence-corrected chi connectivity index (χ3v) is 3.08. The van der Waals surface area contributed by atoms with Crippen molar-refractivity contribution in [2.45, 2.75) is 12.5 Å². The van der Waals surface area contributed by atoms with Crippen molar-refractivity contribution in [2.24, 2.45) is 0 Å². The maximum Gasteiger partial charge on any atom is 0.252 e. The molecule has 3 heteroatoms. The molecule has 1 atom stereocenters. The van der Waals surface area contributed by atoms with E-state index in [9.17, 15) is 4.79 Å². The van der Waals surface area contributed by atoms with Crippen molar-refractivity contribution in [1.29, 1.82) is 0 Å². The molecule has 3 nitrogen and oxygen atoms in total. The fraction of sp³-hybridized carbons (Fsp3) is 0.143. The molecule has 1 amide bonds. The lowest BCUT2D eigenvalue weighted by Gasteiger charge is -2.25. The first-order valence-electron chi connectivity index (χ1n) is 5.63. The fourth-order valence-electron chi connectivity index (χ4n) is 2.21. The van der Waals surface area contributed by atoms with E-state index in [0.29, 0.717) is 0 Å². The molecule has 1 aromatic carbocycles. The lowest BCUT2D eigenvalue weighted by molar-refractivity contribution is 0.0925. The van der Waals surface area contributed by atoms with Gasteiger partial charge in [0.1, 0.15) is 0 Å². The van der Waals surface area contributed by atoms with Gasteiger partial charge in [-0.05, 0) is 29.7 Å². The molecule has 0 saturated carbocycles. The van der Waals surface area contributed by atoms with E-state index in [0.717, 1.165) is 23.1 Å². The van der Waals surface area contributed by atoms with Crippen LogP contribution in [-0.2, 0) is 6.42 Å². The molecule has 1 aromatic heterocycles. The monoisotopic (exact) mass is 224 g/mol. The highest BCUT2D eigenvalue weighted by Crippen LogP contribution is 2.24. The first-order chi connectivity index (χ1) is 8.34. The van der Waals surface area contributed by atoms with Crippen molar-refractivity contribution in [2.75, 3.05) is 0 Å². The molecule has 1 aliphatic heterocycles. The Morgan fingerprint density at radius 3 is 2.88 bits per heavy atom. The average molecular weight is 224 g/mol. The minimum absolute atomic E-state index is 0.000651. The molecule has 1 N–H and O–H groups in total. The summed E-state index contributed by atoms with van der Waals surface area (Å²) in [5.41, 5.74) is 2.94. The van der Waals surface area contributed by atoms with Gasteiger partial charge in [-0.2, -0.15) is 0 Å². The summed E-state index contributed by atoms with van der Waals surface area (Å²) in [6, 6.07) is 11.7. The number of pyridine rings is 1. The summed E-state index contributed by atoms with van der Waals surface area (Å²) in [7, 11) is 0. The summed E-state index contributed by atoms with van der Waals surface area (Å²) < 4.78 is 0. The number of hydrogen-bond acceptors (Lipinski definition) is 2. The van der Waals surface area contributed by atoms with E-state index >= 15 is 0 Å². The van der Waals surface area contributed by atoms with E-state index in [1.807, 2.05) is 36.4 Å². The van der Waals surface area contributed by atoms with Gasteiger partial charge in [0.05, 0.1) is 6.04 Å². The number of carbonyl (C=O) groups is 1. The van der Waals surface area contributed by atoms with Gasteiger partial charge in [-0.1, -0.05) is 24.3 Å². The molecule has 3 rings (SSSR count). The molecule has 0 aliphatic carbocycles. The zero-order chi connectivity index (χ0) is 11.7. The quantitative estimate of drug-likeness (QED) is 0.806. The maximum absolute atomic E-state index is 11.9. The van der Waals surface area contributed by atoms with Gasteiger partial charge >= 0.3 is 0 Å². The Kier molecular flexibility index (Phi) is 2.37. The van der Waals surface area contributed by atoms with E-state index in [1.165, 1.54) is 0 Å². The molecule has 0 bridgehead atoms. The van der Waals surface area contributed by atoms with Gasteiger partial charge in [0, 0.05) is 18.0 Å². The van der Waals surface area contributed by atoms with Crippen molar-refractivity contribution in [3.05, 3.63) is 65.5 Å². The van der Waals surface area contributed by atoms with Gasteiger partial charge in [-0.25, -0.2) is 0 Å². The number of hydrogen-bond donors (Lipinski definition) is 1. The largest absolute Gasteiger partial charge is 0.345 e. The lowest BCUT2D eigenvalue weighted by atomic mass is 9.92. The average Bonchev–Trinajstić information content (AvgIpc) is 2.40. The highest BCUT2D eigenvalue weighted by Gasteiger charge is 2.24. The predicted molar refractivity (Wildman–Crippen MR) is 64.6 cm³/mol. The Labute approximate surface area is 99.5 Å². The van der Waals surface area contributed by atoms with Gasteiger partial charge < -0.3 is 5.32 Å². The summed E-state index contributed by atoms with van der Waals surface area (Å²) in [6.07, 6.45) is 4.37. The summed E-state index contributed by atoms with van der Waals surface area (Å²) >= 11 is 0. The number of aromatic nitrogens is 1. The van der Waals surface area contributed by atoms with E-state index in [2.05, 4.69) is 10.3 Å². The second-order valence-corrected chi connectivity index (χ2v) is 4.17. The molecule has 17 heavy (non-hydrogen) atoms.